The van der Waals surface area contributed by atoms with Gasteiger partial charge >= 0.3 is 0 Å². The van der Waals surface area contributed by atoms with Gasteiger partial charge in [-0.1, -0.05) is 12.5 Å². The zero-order valence-corrected chi connectivity index (χ0v) is 18.8. The summed E-state index contributed by atoms with van der Waals surface area (Å²) in [6, 6.07) is 13.6. The number of hydrogen-bond acceptors (Lipinski definition) is 4. The standard InChI is InChI=1S/C19H20IN3O3S2/c20-15-6-4-5-14(13-15)18(24)22-19(27)21-16-7-9-17(10-8-16)28(25,26)23-11-2-1-3-12-23/h4-10,13H,1-3,11-12H2,(H2,21,22,24,27). The zero-order chi connectivity index (χ0) is 20.1. The molecule has 0 atom stereocenters. The first kappa shape index (κ1) is 21.2. The molecule has 28 heavy (non-hydrogen) atoms. The lowest BCUT2D eigenvalue weighted by atomic mass is 10.2. The van der Waals surface area contributed by atoms with E-state index in [1.54, 1.807) is 42.5 Å². The van der Waals surface area contributed by atoms with Gasteiger partial charge in [0.2, 0.25) is 10.0 Å². The van der Waals surface area contributed by atoms with Crippen molar-refractivity contribution in [2.24, 2.45) is 0 Å². The third kappa shape index (κ3) is 5.28. The van der Waals surface area contributed by atoms with E-state index in [4.69, 9.17) is 12.2 Å². The fourth-order valence-corrected chi connectivity index (χ4v) is 5.20. The first-order valence-electron chi connectivity index (χ1n) is 8.84. The van der Waals surface area contributed by atoms with Gasteiger partial charge in [0.15, 0.2) is 5.11 Å². The minimum atomic E-state index is -3.46. The van der Waals surface area contributed by atoms with Crippen LogP contribution in [0.4, 0.5) is 5.69 Å². The number of carbonyl (C=O) groups excluding carboxylic acids is 1. The zero-order valence-electron chi connectivity index (χ0n) is 15.0. The fraction of sp³-hybridized carbons (Fsp3) is 0.263. The van der Waals surface area contributed by atoms with Crippen LogP contribution in [0.1, 0.15) is 29.6 Å². The molecule has 1 aliphatic heterocycles. The third-order valence-electron chi connectivity index (χ3n) is 4.38. The van der Waals surface area contributed by atoms with Gasteiger partial charge in [0.25, 0.3) is 5.91 Å². The molecule has 0 saturated carbocycles. The molecular weight excluding hydrogens is 509 g/mol. The number of rotatable bonds is 4. The molecule has 0 unspecified atom stereocenters. The van der Waals surface area contributed by atoms with E-state index in [1.165, 1.54) is 4.31 Å². The van der Waals surface area contributed by atoms with Gasteiger partial charge in [0, 0.05) is 27.9 Å². The summed E-state index contributed by atoms with van der Waals surface area (Å²) in [4.78, 5) is 12.5. The van der Waals surface area contributed by atoms with Gasteiger partial charge in [-0.3, -0.25) is 10.1 Å². The highest BCUT2D eigenvalue weighted by molar-refractivity contribution is 14.1. The summed E-state index contributed by atoms with van der Waals surface area (Å²) in [5, 5.41) is 5.67. The van der Waals surface area contributed by atoms with Crippen molar-refractivity contribution in [3.05, 3.63) is 57.7 Å². The van der Waals surface area contributed by atoms with Crippen LogP contribution in [0.15, 0.2) is 53.4 Å². The Morgan fingerprint density at radius 3 is 2.36 bits per heavy atom. The maximum absolute atomic E-state index is 12.7. The highest BCUT2D eigenvalue weighted by atomic mass is 127. The molecule has 1 fully saturated rings. The molecule has 0 spiro atoms. The van der Waals surface area contributed by atoms with Crippen molar-refractivity contribution in [3.8, 4) is 0 Å². The molecule has 6 nitrogen and oxygen atoms in total. The van der Waals surface area contributed by atoms with E-state index in [0.29, 0.717) is 24.3 Å². The molecule has 2 aromatic carbocycles. The molecule has 0 aliphatic carbocycles. The smallest absolute Gasteiger partial charge is 0.257 e. The van der Waals surface area contributed by atoms with Crippen molar-refractivity contribution < 1.29 is 13.2 Å². The number of piperidine rings is 1. The van der Waals surface area contributed by atoms with Crippen LogP contribution in [-0.4, -0.2) is 36.8 Å². The van der Waals surface area contributed by atoms with Crippen LogP contribution in [0.3, 0.4) is 0 Å². The first-order valence-corrected chi connectivity index (χ1v) is 11.8. The molecule has 3 rings (SSSR count). The Kier molecular flexibility index (Phi) is 7.02. The largest absolute Gasteiger partial charge is 0.332 e. The average molecular weight is 529 g/mol. The molecule has 0 bridgehead atoms. The summed E-state index contributed by atoms with van der Waals surface area (Å²) in [6.07, 6.45) is 2.86. The maximum atomic E-state index is 12.7. The van der Waals surface area contributed by atoms with Crippen LogP contribution in [0.5, 0.6) is 0 Å². The fourth-order valence-electron chi connectivity index (χ4n) is 2.93. The maximum Gasteiger partial charge on any atom is 0.257 e. The van der Waals surface area contributed by atoms with Crippen molar-refractivity contribution in [2.75, 3.05) is 18.4 Å². The second kappa shape index (κ2) is 9.29. The van der Waals surface area contributed by atoms with Crippen molar-refractivity contribution >= 4 is 61.5 Å². The molecule has 9 heteroatoms. The van der Waals surface area contributed by atoms with E-state index in [2.05, 4.69) is 33.2 Å². The number of amides is 1. The monoisotopic (exact) mass is 529 g/mol. The number of halogens is 1. The SMILES string of the molecule is O=C(NC(=S)Nc1ccc(S(=O)(=O)N2CCCCC2)cc1)c1cccc(I)c1. The van der Waals surface area contributed by atoms with Crippen LogP contribution in [0, 0.1) is 3.57 Å². The lowest BCUT2D eigenvalue weighted by Gasteiger charge is -2.25. The van der Waals surface area contributed by atoms with E-state index in [9.17, 15) is 13.2 Å². The predicted molar refractivity (Wildman–Crippen MR) is 122 cm³/mol. The highest BCUT2D eigenvalue weighted by Crippen LogP contribution is 2.22. The number of carbonyl (C=O) groups is 1. The third-order valence-corrected chi connectivity index (χ3v) is 7.17. The van der Waals surface area contributed by atoms with E-state index in [0.717, 1.165) is 22.8 Å². The molecule has 148 valence electrons. The van der Waals surface area contributed by atoms with Gasteiger partial charge in [-0.05, 0) is 90.1 Å². The predicted octanol–water partition coefficient (Wildman–Crippen LogP) is 3.59. The van der Waals surface area contributed by atoms with Crippen LogP contribution in [0.25, 0.3) is 0 Å². The molecular formula is C19H20IN3O3S2. The number of thiocarbonyl (C=S) groups is 1. The lowest BCUT2D eigenvalue weighted by molar-refractivity contribution is 0.0977. The van der Waals surface area contributed by atoms with Gasteiger partial charge in [-0.2, -0.15) is 4.31 Å². The van der Waals surface area contributed by atoms with Crippen LogP contribution in [0.2, 0.25) is 0 Å². The Morgan fingerprint density at radius 2 is 1.71 bits per heavy atom. The molecule has 1 saturated heterocycles. The molecule has 1 aliphatic rings. The second-order valence-electron chi connectivity index (χ2n) is 6.41. The van der Waals surface area contributed by atoms with E-state index in [1.807, 2.05) is 6.07 Å². The first-order chi connectivity index (χ1) is 13.4. The van der Waals surface area contributed by atoms with Gasteiger partial charge in [0.1, 0.15) is 0 Å². The number of hydrogen-bond donors (Lipinski definition) is 2. The average Bonchev–Trinajstić information content (AvgIpc) is 2.69. The van der Waals surface area contributed by atoms with Crippen molar-refractivity contribution in [1.29, 1.82) is 0 Å². The van der Waals surface area contributed by atoms with Crippen molar-refractivity contribution in [2.45, 2.75) is 24.2 Å². The number of nitrogens with zero attached hydrogens (tertiary/aromatic N) is 1. The number of anilines is 1. The van der Waals surface area contributed by atoms with E-state index < -0.39 is 10.0 Å². The minimum Gasteiger partial charge on any atom is -0.332 e. The molecule has 2 aromatic rings. The Morgan fingerprint density at radius 1 is 1.04 bits per heavy atom. The van der Waals surface area contributed by atoms with Gasteiger partial charge in [-0.15, -0.1) is 0 Å². The number of benzene rings is 2. The second-order valence-corrected chi connectivity index (χ2v) is 10.00. The molecule has 2 N–H and O–H groups in total. The topological polar surface area (TPSA) is 78.5 Å². The Balaban J connectivity index is 1.62. The Hall–Kier alpha value is -1.56. The van der Waals surface area contributed by atoms with Gasteiger partial charge in [0.05, 0.1) is 4.90 Å². The Labute approximate surface area is 183 Å². The Bertz CT molecular complexity index is 972. The highest BCUT2D eigenvalue weighted by Gasteiger charge is 2.25. The van der Waals surface area contributed by atoms with Crippen molar-refractivity contribution in [3.63, 3.8) is 0 Å². The van der Waals surface area contributed by atoms with Crippen LogP contribution >= 0.6 is 34.8 Å². The van der Waals surface area contributed by atoms with Gasteiger partial charge < -0.3 is 5.32 Å². The summed E-state index contributed by atoms with van der Waals surface area (Å²) in [5.74, 6) is -0.305. The summed E-state index contributed by atoms with van der Waals surface area (Å²) in [5.41, 5.74) is 1.12. The molecule has 0 aromatic heterocycles. The van der Waals surface area contributed by atoms with Crippen molar-refractivity contribution in [1.82, 2.24) is 9.62 Å². The van der Waals surface area contributed by atoms with E-state index >= 15 is 0 Å². The number of sulfonamides is 1. The minimum absolute atomic E-state index is 0.149. The molecule has 1 heterocycles. The normalized spacial score (nSPS) is 15.0. The summed E-state index contributed by atoms with van der Waals surface area (Å²) in [7, 11) is -3.46. The van der Waals surface area contributed by atoms with Crippen LogP contribution < -0.4 is 10.6 Å². The van der Waals surface area contributed by atoms with E-state index in [-0.39, 0.29) is 15.9 Å². The van der Waals surface area contributed by atoms with Crippen LogP contribution in [-0.2, 0) is 10.0 Å². The molecule has 1 amide bonds. The summed E-state index contributed by atoms with van der Waals surface area (Å²) in [6.45, 7) is 1.13. The summed E-state index contributed by atoms with van der Waals surface area (Å²) >= 11 is 7.32. The lowest BCUT2D eigenvalue weighted by Crippen LogP contribution is -2.35. The quantitative estimate of drug-likeness (QED) is 0.468. The molecule has 0 radical (unpaired) electrons. The summed E-state index contributed by atoms with van der Waals surface area (Å²) < 4.78 is 27.8. The van der Waals surface area contributed by atoms with Gasteiger partial charge in [-0.25, -0.2) is 8.42 Å². The number of nitrogens with one attached hydrogen (secondary N) is 2.